The van der Waals surface area contributed by atoms with Gasteiger partial charge < -0.3 is 5.73 Å². The Morgan fingerprint density at radius 2 is 1.94 bits per heavy atom. The van der Waals surface area contributed by atoms with Crippen LogP contribution in [-0.4, -0.2) is 16.8 Å². The monoisotopic (exact) mass is 281 g/mol. The maximum Gasteiger partial charge on any atom is 0.260 e. The summed E-state index contributed by atoms with van der Waals surface area (Å²) in [6, 6.07) is 6.43. The second kappa shape index (κ2) is 5.16. The lowest BCUT2D eigenvalue weighted by Gasteiger charge is -2.01. The third-order valence-electron chi connectivity index (χ3n) is 2.08. The first-order valence-corrected chi connectivity index (χ1v) is 6.08. The van der Waals surface area contributed by atoms with Gasteiger partial charge >= 0.3 is 0 Å². The number of anilines is 1. The highest BCUT2D eigenvalue weighted by Gasteiger charge is 2.10. The highest BCUT2D eigenvalue weighted by Crippen LogP contribution is 2.18. The number of hydrogen-bond donors (Lipinski definition) is 2. The van der Waals surface area contributed by atoms with Crippen molar-refractivity contribution >= 4 is 39.9 Å². The van der Waals surface area contributed by atoms with Crippen LogP contribution < -0.4 is 11.1 Å². The molecule has 0 aliphatic carbocycles. The highest BCUT2D eigenvalue weighted by molar-refractivity contribution is 7.17. The van der Waals surface area contributed by atoms with Gasteiger partial charge in [0.1, 0.15) is 4.88 Å². The summed E-state index contributed by atoms with van der Waals surface area (Å²) in [7, 11) is 0. The fraction of sp³-hybridized carbons (Fsp3) is 0. The Bertz CT molecular complexity index is 595. The lowest BCUT2D eigenvalue weighted by atomic mass is 10.2. The van der Waals surface area contributed by atoms with E-state index in [2.05, 4.69) is 10.3 Å². The van der Waals surface area contributed by atoms with Crippen LogP contribution in [0.15, 0.2) is 30.5 Å². The molecular formula is C11H8ClN3O2S. The molecule has 0 bridgehead atoms. The first-order chi connectivity index (χ1) is 8.56. The minimum Gasteiger partial charge on any atom is -0.365 e. The molecule has 0 unspecified atom stereocenters. The van der Waals surface area contributed by atoms with Crippen LogP contribution in [0.25, 0.3) is 0 Å². The van der Waals surface area contributed by atoms with Crippen LogP contribution in [0.1, 0.15) is 20.0 Å². The van der Waals surface area contributed by atoms with Crippen molar-refractivity contribution in [3.05, 3.63) is 45.9 Å². The summed E-state index contributed by atoms with van der Waals surface area (Å²) in [5.41, 5.74) is 5.54. The number of thiazole rings is 1. The van der Waals surface area contributed by atoms with Gasteiger partial charge in [0.25, 0.3) is 11.8 Å². The number of primary amides is 1. The van der Waals surface area contributed by atoms with E-state index in [0.717, 1.165) is 11.3 Å². The van der Waals surface area contributed by atoms with E-state index >= 15 is 0 Å². The molecule has 3 N–H and O–H groups in total. The van der Waals surface area contributed by atoms with E-state index in [9.17, 15) is 9.59 Å². The van der Waals surface area contributed by atoms with Crippen molar-refractivity contribution in [1.82, 2.24) is 4.98 Å². The van der Waals surface area contributed by atoms with Gasteiger partial charge in [-0.2, -0.15) is 0 Å². The normalized spacial score (nSPS) is 10.1. The Kier molecular flexibility index (Phi) is 3.59. The smallest absolute Gasteiger partial charge is 0.260 e. The van der Waals surface area contributed by atoms with Gasteiger partial charge in [0.15, 0.2) is 5.13 Å². The standard InChI is InChI=1S/C11H8ClN3O2S/c12-7-3-1-6(2-4-7)10(17)15-11-14-5-8(18-11)9(13)16/h1-5H,(H2,13,16)(H,14,15,17). The molecule has 18 heavy (non-hydrogen) atoms. The molecule has 2 aromatic rings. The summed E-state index contributed by atoms with van der Waals surface area (Å²) in [5, 5.41) is 3.45. The second-order valence-electron chi connectivity index (χ2n) is 3.35. The number of halogens is 1. The van der Waals surface area contributed by atoms with Gasteiger partial charge in [0.2, 0.25) is 0 Å². The van der Waals surface area contributed by atoms with Gasteiger partial charge in [-0.05, 0) is 24.3 Å². The lowest BCUT2D eigenvalue weighted by molar-refractivity contribution is 0.100. The highest BCUT2D eigenvalue weighted by atomic mass is 35.5. The van der Waals surface area contributed by atoms with E-state index in [1.165, 1.54) is 6.20 Å². The number of hydrogen-bond acceptors (Lipinski definition) is 4. The maximum atomic E-state index is 11.8. The fourth-order valence-corrected chi connectivity index (χ4v) is 2.01. The number of nitrogens with zero attached hydrogens (tertiary/aromatic N) is 1. The quantitative estimate of drug-likeness (QED) is 0.904. The minimum absolute atomic E-state index is 0.293. The van der Waals surface area contributed by atoms with Crippen molar-refractivity contribution < 1.29 is 9.59 Å². The molecular weight excluding hydrogens is 274 g/mol. The zero-order valence-electron chi connectivity index (χ0n) is 9.01. The Morgan fingerprint density at radius 1 is 1.28 bits per heavy atom. The summed E-state index contributed by atoms with van der Waals surface area (Å²) in [4.78, 5) is 26.8. The molecule has 5 nitrogen and oxygen atoms in total. The van der Waals surface area contributed by atoms with Crippen LogP contribution in [0.5, 0.6) is 0 Å². The van der Waals surface area contributed by atoms with E-state index in [0.29, 0.717) is 20.6 Å². The Labute approximate surface area is 112 Å². The lowest BCUT2D eigenvalue weighted by Crippen LogP contribution is -2.11. The van der Waals surface area contributed by atoms with Crippen molar-refractivity contribution in [3.63, 3.8) is 0 Å². The molecule has 1 aromatic heterocycles. The summed E-state index contributed by atoms with van der Waals surface area (Å²) in [6.45, 7) is 0. The number of benzene rings is 1. The predicted molar refractivity (Wildman–Crippen MR) is 70.0 cm³/mol. The molecule has 92 valence electrons. The molecule has 0 atom stereocenters. The zero-order valence-corrected chi connectivity index (χ0v) is 10.6. The summed E-state index contributed by atoms with van der Waals surface area (Å²) in [6.07, 6.45) is 1.32. The molecule has 0 aliphatic heterocycles. The van der Waals surface area contributed by atoms with Crippen LogP contribution in [0.2, 0.25) is 5.02 Å². The van der Waals surface area contributed by atoms with E-state index in [4.69, 9.17) is 17.3 Å². The first-order valence-electron chi connectivity index (χ1n) is 4.89. The topological polar surface area (TPSA) is 85.1 Å². The minimum atomic E-state index is -0.570. The van der Waals surface area contributed by atoms with Gasteiger partial charge in [-0.3, -0.25) is 14.9 Å². The largest absolute Gasteiger partial charge is 0.365 e. The van der Waals surface area contributed by atoms with E-state index in [1.54, 1.807) is 24.3 Å². The number of nitrogens with one attached hydrogen (secondary N) is 1. The van der Waals surface area contributed by atoms with E-state index < -0.39 is 5.91 Å². The summed E-state index contributed by atoms with van der Waals surface area (Å²) >= 11 is 6.74. The van der Waals surface area contributed by atoms with Crippen molar-refractivity contribution in [2.45, 2.75) is 0 Å². The SMILES string of the molecule is NC(=O)c1cnc(NC(=O)c2ccc(Cl)cc2)s1. The molecule has 0 saturated carbocycles. The number of amides is 2. The van der Waals surface area contributed by atoms with Crippen molar-refractivity contribution in [2.24, 2.45) is 5.73 Å². The second-order valence-corrected chi connectivity index (χ2v) is 4.82. The van der Waals surface area contributed by atoms with Crippen LogP contribution in [-0.2, 0) is 0 Å². The third-order valence-corrected chi connectivity index (χ3v) is 3.25. The van der Waals surface area contributed by atoms with Gasteiger partial charge in [0.05, 0.1) is 6.20 Å². The van der Waals surface area contributed by atoms with Gasteiger partial charge in [-0.1, -0.05) is 22.9 Å². The van der Waals surface area contributed by atoms with Crippen LogP contribution in [0.4, 0.5) is 5.13 Å². The number of carbonyl (C=O) groups is 2. The van der Waals surface area contributed by atoms with Crippen LogP contribution in [0, 0.1) is 0 Å². The number of aromatic nitrogens is 1. The van der Waals surface area contributed by atoms with E-state index in [1.807, 2.05) is 0 Å². The van der Waals surface area contributed by atoms with Crippen molar-refractivity contribution in [2.75, 3.05) is 5.32 Å². The molecule has 2 amide bonds. The molecule has 0 fully saturated rings. The zero-order chi connectivity index (χ0) is 13.1. The molecule has 1 aromatic carbocycles. The van der Waals surface area contributed by atoms with Crippen LogP contribution in [0.3, 0.4) is 0 Å². The average molecular weight is 282 g/mol. The van der Waals surface area contributed by atoms with Crippen molar-refractivity contribution in [3.8, 4) is 0 Å². The Morgan fingerprint density at radius 3 is 2.50 bits per heavy atom. The van der Waals surface area contributed by atoms with Gasteiger partial charge in [0, 0.05) is 10.6 Å². The molecule has 2 rings (SSSR count). The number of carbonyl (C=O) groups excluding carboxylic acids is 2. The Balaban J connectivity index is 2.11. The first kappa shape index (κ1) is 12.5. The maximum absolute atomic E-state index is 11.8. The van der Waals surface area contributed by atoms with Crippen molar-refractivity contribution in [1.29, 1.82) is 0 Å². The molecule has 0 radical (unpaired) electrons. The molecule has 7 heteroatoms. The summed E-state index contributed by atoms with van der Waals surface area (Å²) < 4.78 is 0. The molecule has 0 saturated heterocycles. The van der Waals surface area contributed by atoms with Gasteiger partial charge in [-0.25, -0.2) is 4.98 Å². The number of rotatable bonds is 3. The molecule has 1 heterocycles. The van der Waals surface area contributed by atoms with E-state index in [-0.39, 0.29) is 5.91 Å². The van der Waals surface area contributed by atoms with Gasteiger partial charge in [-0.15, -0.1) is 0 Å². The Hall–Kier alpha value is -1.92. The molecule has 0 spiro atoms. The fourth-order valence-electron chi connectivity index (χ4n) is 1.22. The predicted octanol–water partition coefficient (Wildman–Crippen LogP) is 2.15. The third kappa shape index (κ3) is 2.85. The average Bonchev–Trinajstić information content (AvgIpc) is 2.78. The molecule has 0 aliphatic rings. The summed E-state index contributed by atoms with van der Waals surface area (Å²) in [5.74, 6) is -0.892. The van der Waals surface area contributed by atoms with Crippen LogP contribution >= 0.6 is 22.9 Å². The number of nitrogens with two attached hydrogens (primary N) is 1.